The predicted octanol–water partition coefficient (Wildman–Crippen LogP) is 3.74. The maximum absolute atomic E-state index is 10.3. The van der Waals surface area contributed by atoms with Crippen LogP contribution in [0.1, 0.15) is 29.5 Å². The first-order valence-corrected chi connectivity index (χ1v) is 6.69. The van der Waals surface area contributed by atoms with Gasteiger partial charge in [0.15, 0.2) is 0 Å². The first-order valence-electron chi connectivity index (χ1n) is 5.02. The van der Waals surface area contributed by atoms with Gasteiger partial charge in [-0.25, -0.2) is 0 Å². The maximum atomic E-state index is 10.3. The second-order valence-corrected chi connectivity index (χ2v) is 5.42. The molecule has 4 heteroatoms. The number of halogens is 1. The minimum atomic E-state index is -0.510. The summed E-state index contributed by atoms with van der Waals surface area (Å²) in [6.45, 7) is 1.99. The van der Waals surface area contributed by atoms with Gasteiger partial charge in [0.05, 0.1) is 6.10 Å². The minimum absolute atomic E-state index is 0.00356. The number of thiophene rings is 1. The topological polar surface area (TPSA) is 33.1 Å². The van der Waals surface area contributed by atoms with Crippen LogP contribution >= 0.6 is 27.3 Å². The molecule has 2 rings (SSSR count). The Labute approximate surface area is 107 Å². The van der Waals surface area contributed by atoms with Crippen molar-refractivity contribution in [1.29, 1.82) is 0 Å². The summed E-state index contributed by atoms with van der Waals surface area (Å²) in [6.07, 6.45) is 1.24. The average molecular weight is 298 g/mol. The molecule has 16 heavy (non-hydrogen) atoms. The molecule has 0 fully saturated rings. The van der Waals surface area contributed by atoms with Gasteiger partial charge in [-0.2, -0.15) is 0 Å². The molecule has 0 amide bonds. The van der Waals surface area contributed by atoms with Gasteiger partial charge in [0.1, 0.15) is 0 Å². The Hall–Kier alpha value is -0.710. The largest absolute Gasteiger partial charge is 0.387 e. The highest BCUT2D eigenvalue weighted by Gasteiger charge is 2.22. The first kappa shape index (κ1) is 11.8. The van der Waals surface area contributed by atoms with Gasteiger partial charge in [-0.1, -0.05) is 13.0 Å². The van der Waals surface area contributed by atoms with Crippen molar-refractivity contribution in [2.75, 3.05) is 0 Å². The molecule has 0 radical (unpaired) electrons. The molecular formula is C12H12BrNOS. The van der Waals surface area contributed by atoms with Crippen LogP contribution in [0.2, 0.25) is 0 Å². The third kappa shape index (κ3) is 2.34. The van der Waals surface area contributed by atoms with Gasteiger partial charge in [-0.3, -0.25) is 4.98 Å². The van der Waals surface area contributed by atoms with Gasteiger partial charge in [0, 0.05) is 27.2 Å². The lowest BCUT2D eigenvalue weighted by molar-refractivity contribution is 0.153. The fourth-order valence-electron chi connectivity index (χ4n) is 1.55. The van der Waals surface area contributed by atoms with E-state index in [9.17, 15) is 5.11 Å². The summed E-state index contributed by atoms with van der Waals surface area (Å²) < 4.78 is 0.966. The van der Waals surface area contributed by atoms with E-state index >= 15 is 0 Å². The highest BCUT2D eigenvalue weighted by Crippen LogP contribution is 2.36. The summed E-state index contributed by atoms with van der Waals surface area (Å²) >= 11 is 4.99. The van der Waals surface area contributed by atoms with Crippen LogP contribution in [0.15, 0.2) is 40.3 Å². The van der Waals surface area contributed by atoms with Crippen molar-refractivity contribution >= 4 is 27.3 Å². The molecule has 2 atom stereocenters. The maximum Gasteiger partial charge on any atom is 0.0973 e. The Balaban J connectivity index is 2.23. The molecule has 0 bridgehead atoms. The number of pyridine rings is 1. The number of aliphatic hydroxyl groups excluding tert-OH is 1. The molecule has 0 spiro atoms. The van der Waals surface area contributed by atoms with Gasteiger partial charge in [-0.15, -0.1) is 11.3 Å². The van der Waals surface area contributed by atoms with Crippen LogP contribution in [0.4, 0.5) is 0 Å². The normalized spacial score (nSPS) is 14.7. The number of aliphatic hydroxyl groups is 1. The molecule has 0 aliphatic carbocycles. The van der Waals surface area contributed by atoms with Crippen molar-refractivity contribution in [2.24, 2.45) is 0 Å². The van der Waals surface area contributed by atoms with Crippen LogP contribution in [0.25, 0.3) is 0 Å². The second-order valence-electron chi connectivity index (χ2n) is 3.62. The van der Waals surface area contributed by atoms with Gasteiger partial charge >= 0.3 is 0 Å². The van der Waals surface area contributed by atoms with Crippen LogP contribution in [0, 0.1) is 0 Å². The van der Waals surface area contributed by atoms with E-state index < -0.39 is 6.10 Å². The van der Waals surface area contributed by atoms with Crippen LogP contribution < -0.4 is 0 Å². The smallest absolute Gasteiger partial charge is 0.0973 e. The van der Waals surface area contributed by atoms with Crippen LogP contribution in [-0.2, 0) is 0 Å². The zero-order chi connectivity index (χ0) is 11.5. The zero-order valence-corrected chi connectivity index (χ0v) is 11.2. The lowest BCUT2D eigenvalue weighted by Gasteiger charge is -2.17. The molecule has 2 unspecified atom stereocenters. The van der Waals surface area contributed by atoms with E-state index in [-0.39, 0.29) is 5.92 Å². The van der Waals surface area contributed by atoms with Gasteiger partial charge in [-0.05, 0) is 39.5 Å². The second kappa shape index (κ2) is 5.08. The third-order valence-corrected chi connectivity index (χ3v) is 4.48. The van der Waals surface area contributed by atoms with Crippen molar-refractivity contribution in [1.82, 2.24) is 4.98 Å². The molecule has 0 aliphatic heterocycles. The summed E-state index contributed by atoms with van der Waals surface area (Å²) in [7, 11) is 0. The summed E-state index contributed by atoms with van der Waals surface area (Å²) in [4.78, 5) is 5.23. The number of rotatable bonds is 3. The fraction of sp³-hybridized carbons (Fsp3) is 0.250. The summed E-state index contributed by atoms with van der Waals surface area (Å²) in [6, 6.07) is 7.71. The van der Waals surface area contributed by atoms with Crippen molar-refractivity contribution in [3.8, 4) is 0 Å². The monoisotopic (exact) mass is 297 g/mol. The van der Waals surface area contributed by atoms with Crippen LogP contribution in [0.3, 0.4) is 0 Å². The van der Waals surface area contributed by atoms with E-state index in [4.69, 9.17) is 0 Å². The molecule has 2 nitrogen and oxygen atoms in total. The standard InChI is InChI=1S/C12H12BrNOS/c1-8(10-4-2-3-6-14-10)11(15)12-9(13)5-7-16-12/h2-8,11,15H,1H3. The molecule has 0 aromatic carbocycles. The molecule has 2 heterocycles. The molecule has 2 aromatic rings. The Morgan fingerprint density at radius 2 is 2.19 bits per heavy atom. The van der Waals surface area contributed by atoms with Crippen LogP contribution in [-0.4, -0.2) is 10.1 Å². The molecule has 0 saturated heterocycles. The number of aromatic nitrogens is 1. The first-order chi connectivity index (χ1) is 7.70. The van der Waals surface area contributed by atoms with E-state index in [2.05, 4.69) is 20.9 Å². The Kier molecular flexibility index (Phi) is 3.74. The number of hydrogen-bond acceptors (Lipinski definition) is 3. The molecular weight excluding hydrogens is 286 g/mol. The summed E-state index contributed by atoms with van der Waals surface area (Å²) in [5.74, 6) is -0.00356. The Morgan fingerprint density at radius 1 is 1.38 bits per heavy atom. The predicted molar refractivity (Wildman–Crippen MR) is 69.6 cm³/mol. The quantitative estimate of drug-likeness (QED) is 0.936. The summed E-state index contributed by atoms with van der Waals surface area (Å²) in [5.41, 5.74) is 0.912. The van der Waals surface area contributed by atoms with E-state index in [1.807, 2.05) is 36.6 Å². The number of nitrogens with zero attached hydrogens (tertiary/aromatic N) is 1. The van der Waals surface area contributed by atoms with Crippen molar-refractivity contribution in [2.45, 2.75) is 18.9 Å². The van der Waals surface area contributed by atoms with Crippen molar-refractivity contribution in [3.63, 3.8) is 0 Å². The molecule has 0 aliphatic rings. The van der Waals surface area contributed by atoms with E-state index in [0.717, 1.165) is 15.0 Å². The number of hydrogen-bond donors (Lipinski definition) is 1. The van der Waals surface area contributed by atoms with Gasteiger partial charge in [0.2, 0.25) is 0 Å². The summed E-state index contributed by atoms with van der Waals surface area (Å²) in [5, 5.41) is 12.2. The molecule has 0 saturated carbocycles. The van der Waals surface area contributed by atoms with Gasteiger partial charge < -0.3 is 5.11 Å². The van der Waals surface area contributed by atoms with Gasteiger partial charge in [0.25, 0.3) is 0 Å². The van der Waals surface area contributed by atoms with E-state index in [1.165, 1.54) is 0 Å². The van der Waals surface area contributed by atoms with E-state index in [0.29, 0.717) is 0 Å². The minimum Gasteiger partial charge on any atom is -0.387 e. The average Bonchev–Trinajstić information content (AvgIpc) is 2.75. The molecule has 1 N–H and O–H groups in total. The highest BCUT2D eigenvalue weighted by atomic mass is 79.9. The lowest BCUT2D eigenvalue weighted by atomic mass is 9.99. The third-order valence-electron chi connectivity index (χ3n) is 2.54. The Bertz CT molecular complexity index is 457. The Morgan fingerprint density at radius 3 is 2.75 bits per heavy atom. The van der Waals surface area contributed by atoms with E-state index in [1.54, 1.807) is 17.5 Å². The zero-order valence-electron chi connectivity index (χ0n) is 8.80. The molecule has 2 aromatic heterocycles. The lowest BCUT2D eigenvalue weighted by Crippen LogP contribution is -2.08. The van der Waals surface area contributed by atoms with Crippen LogP contribution in [0.5, 0.6) is 0 Å². The highest BCUT2D eigenvalue weighted by molar-refractivity contribution is 9.10. The van der Waals surface area contributed by atoms with Crippen molar-refractivity contribution in [3.05, 3.63) is 50.9 Å². The molecule has 84 valence electrons. The SMILES string of the molecule is CC(c1ccccn1)C(O)c1sccc1Br. The fourth-order valence-corrected chi connectivity index (χ4v) is 3.25. The van der Waals surface area contributed by atoms with Crippen molar-refractivity contribution < 1.29 is 5.11 Å².